The van der Waals surface area contributed by atoms with Gasteiger partial charge in [-0.15, -0.1) is 0 Å². The zero-order chi connectivity index (χ0) is 16.5. The van der Waals surface area contributed by atoms with Gasteiger partial charge in [-0.25, -0.2) is 4.79 Å². The molecule has 0 fully saturated rings. The van der Waals surface area contributed by atoms with Crippen LogP contribution in [0.15, 0.2) is 48.5 Å². The van der Waals surface area contributed by atoms with Crippen LogP contribution in [0.5, 0.6) is 5.75 Å². The van der Waals surface area contributed by atoms with Crippen LogP contribution in [0.4, 0.5) is 0 Å². The number of carbonyl (C=O) groups excluding carboxylic acids is 2. The molecule has 4 heteroatoms. The maximum Gasteiger partial charge on any atom is 0.338 e. The minimum absolute atomic E-state index is 0.237. The molecule has 2 rings (SSSR count). The maximum absolute atomic E-state index is 12.1. The van der Waals surface area contributed by atoms with Crippen LogP contribution in [0.25, 0.3) is 0 Å². The molecule has 0 aliphatic rings. The second kappa shape index (κ2) is 8.73. The summed E-state index contributed by atoms with van der Waals surface area (Å²) >= 11 is 0. The van der Waals surface area contributed by atoms with Gasteiger partial charge in [0, 0.05) is 11.1 Å². The van der Waals surface area contributed by atoms with Crippen molar-refractivity contribution < 1.29 is 19.1 Å². The van der Waals surface area contributed by atoms with E-state index >= 15 is 0 Å². The van der Waals surface area contributed by atoms with Gasteiger partial charge >= 0.3 is 5.97 Å². The fraction of sp³-hybridized carbons (Fsp3) is 0.263. The zero-order valence-electron chi connectivity index (χ0n) is 13.2. The van der Waals surface area contributed by atoms with Gasteiger partial charge in [-0.1, -0.05) is 43.7 Å². The molecule has 0 saturated heterocycles. The van der Waals surface area contributed by atoms with E-state index in [0.717, 1.165) is 24.7 Å². The number of esters is 1. The monoisotopic (exact) mass is 312 g/mol. The molecule has 0 spiro atoms. The Labute approximate surface area is 136 Å². The van der Waals surface area contributed by atoms with Gasteiger partial charge in [-0.2, -0.15) is 0 Å². The Morgan fingerprint density at radius 3 is 2.74 bits per heavy atom. The second-order valence-electron chi connectivity index (χ2n) is 5.13. The molecule has 0 aliphatic carbocycles. The van der Waals surface area contributed by atoms with Crippen LogP contribution in [0.2, 0.25) is 0 Å². The van der Waals surface area contributed by atoms with E-state index in [1.54, 1.807) is 36.4 Å². The minimum Gasteiger partial charge on any atom is -0.489 e. The fourth-order valence-electron chi connectivity index (χ4n) is 2.07. The third-order valence-electron chi connectivity index (χ3n) is 3.36. The van der Waals surface area contributed by atoms with Gasteiger partial charge in [-0.3, -0.25) is 4.79 Å². The third kappa shape index (κ3) is 4.95. The van der Waals surface area contributed by atoms with Crippen LogP contribution in [-0.2, 0) is 11.3 Å². The van der Waals surface area contributed by atoms with Crippen LogP contribution in [0.3, 0.4) is 0 Å². The average molecular weight is 312 g/mol. The molecular weight excluding hydrogens is 292 g/mol. The molecule has 2 aromatic carbocycles. The van der Waals surface area contributed by atoms with E-state index in [1.165, 1.54) is 0 Å². The van der Waals surface area contributed by atoms with E-state index in [0.29, 0.717) is 23.5 Å². The largest absolute Gasteiger partial charge is 0.489 e. The topological polar surface area (TPSA) is 52.6 Å². The molecule has 0 atom stereocenters. The third-order valence-corrected chi connectivity index (χ3v) is 3.36. The van der Waals surface area contributed by atoms with Gasteiger partial charge in [0.1, 0.15) is 18.6 Å². The number of rotatable bonds is 8. The standard InChI is InChI=1S/C19H20O4/c1-2-3-11-22-19(21)18-10-5-4-8-16(18)14-23-17-9-6-7-15(12-17)13-20/h4-10,12-13H,2-3,11,14H2,1H3. The Morgan fingerprint density at radius 2 is 1.96 bits per heavy atom. The van der Waals surface area contributed by atoms with Gasteiger partial charge in [0.15, 0.2) is 0 Å². The number of ether oxygens (including phenoxy) is 2. The Bertz CT molecular complexity index is 664. The second-order valence-corrected chi connectivity index (χ2v) is 5.13. The predicted molar refractivity (Wildman–Crippen MR) is 87.8 cm³/mol. The van der Waals surface area contributed by atoms with Crippen molar-refractivity contribution in [2.75, 3.05) is 6.61 Å². The molecule has 0 aromatic heterocycles. The highest BCUT2D eigenvalue weighted by molar-refractivity contribution is 5.91. The fourth-order valence-corrected chi connectivity index (χ4v) is 2.07. The van der Waals surface area contributed by atoms with Crippen molar-refractivity contribution in [1.29, 1.82) is 0 Å². The number of unbranched alkanes of at least 4 members (excludes halogenated alkanes) is 1. The number of aldehydes is 1. The number of hydrogen-bond donors (Lipinski definition) is 0. The molecule has 0 saturated carbocycles. The van der Waals surface area contributed by atoms with Crippen molar-refractivity contribution in [3.05, 3.63) is 65.2 Å². The predicted octanol–water partition coefficient (Wildman–Crippen LogP) is 4.04. The van der Waals surface area contributed by atoms with Crippen LogP contribution in [0, 0.1) is 0 Å². The van der Waals surface area contributed by atoms with Crippen molar-refractivity contribution in [1.82, 2.24) is 0 Å². The molecule has 0 heterocycles. The molecule has 120 valence electrons. The lowest BCUT2D eigenvalue weighted by Gasteiger charge is -2.11. The van der Waals surface area contributed by atoms with E-state index in [9.17, 15) is 9.59 Å². The lowest BCUT2D eigenvalue weighted by Crippen LogP contribution is -2.10. The van der Waals surface area contributed by atoms with E-state index in [2.05, 4.69) is 0 Å². The first-order valence-electron chi connectivity index (χ1n) is 7.67. The quantitative estimate of drug-likeness (QED) is 0.419. The van der Waals surface area contributed by atoms with Crippen LogP contribution < -0.4 is 4.74 Å². The first-order valence-corrected chi connectivity index (χ1v) is 7.67. The van der Waals surface area contributed by atoms with Gasteiger partial charge in [0.25, 0.3) is 0 Å². The first kappa shape index (κ1) is 16.7. The van der Waals surface area contributed by atoms with E-state index < -0.39 is 0 Å². The number of carbonyl (C=O) groups is 2. The number of hydrogen-bond acceptors (Lipinski definition) is 4. The Hall–Kier alpha value is -2.62. The van der Waals surface area contributed by atoms with Crippen LogP contribution >= 0.6 is 0 Å². The Balaban J connectivity index is 2.04. The maximum atomic E-state index is 12.1. The van der Waals surface area contributed by atoms with Crippen molar-refractivity contribution in [2.24, 2.45) is 0 Å². The lowest BCUT2D eigenvalue weighted by atomic mass is 10.1. The van der Waals surface area contributed by atoms with Crippen molar-refractivity contribution in [2.45, 2.75) is 26.4 Å². The van der Waals surface area contributed by atoms with Crippen molar-refractivity contribution >= 4 is 12.3 Å². The van der Waals surface area contributed by atoms with Gasteiger partial charge in [0.05, 0.1) is 12.2 Å². The van der Waals surface area contributed by atoms with Crippen LogP contribution in [0.1, 0.15) is 46.0 Å². The summed E-state index contributed by atoms with van der Waals surface area (Å²) in [7, 11) is 0. The summed E-state index contributed by atoms with van der Waals surface area (Å²) in [5.74, 6) is 0.253. The van der Waals surface area contributed by atoms with E-state index in [4.69, 9.17) is 9.47 Å². The zero-order valence-corrected chi connectivity index (χ0v) is 13.2. The van der Waals surface area contributed by atoms with Gasteiger partial charge in [-0.05, 0) is 24.6 Å². The van der Waals surface area contributed by atoms with Gasteiger partial charge < -0.3 is 9.47 Å². The molecule has 0 radical (unpaired) electrons. The van der Waals surface area contributed by atoms with Gasteiger partial charge in [0.2, 0.25) is 0 Å². The Kier molecular flexibility index (Phi) is 6.36. The van der Waals surface area contributed by atoms with E-state index in [-0.39, 0.29) is 12.6 Å². The van der Waals surface area contributed by atoms with Crippen molar-refractivity contribution in [3.8, 4) is 5.75 Å². The molecule has 0 bridgehead atoms. The normalized spacial score (nSPS) is 10.1. The number of benzene rings is 2. The van der Waals surface area contributed by atoms with Crippen LogP contribution in [-0.4, -0.2) is 18.9 Å². The molecular formula is C19H20O4. The highest BCUT2D eigenvalue weighted by atomic mass is 16.5. The highest BCUT2D eigenvalue weighted by Gasteiger charge is 2.12. The summed E-state index contributed by atoms with van der Waals surface area (Å²) < 4.78 is 10.9. The summed E-state index contributed by atoms with van der Waals surface area (Å²) in [5, 5.41) is 0. The molecule has 0 N–H and O–H groups in total. The highest BCUT2D eigenvalue weighted by Crippen LogP contribution is 2.17. The molecule has 0 amide bonds. The summed E-state index contributed by atoms with van der Waals surface area (Å²) in [4.78, 5) is 22.9. The summed E-state index contributed by atoms with van der Waals surface area (Å²) in [6.07, 6.45) is 2.60. The lowest BCUT2D eigenvalue weighted by molar-refractivity contribution is 0.0496. The van der Waals surface area contributed by atoms with E-state index in [1.807, 2.05) is 19.1 Å². The summed E-state index contributed by atoms with van der Waals surface area (Å²) in [6, 6.07) is 14.1. The SMILES string of the molecule is CCCCOC(=O)c1ccccc1COc1cccc(C=O)c1. The molecule has 0 aliphatic heterocycles. The summed E-state index contributed by atoms with van der Waals surface area (Å²) in [5.41, 5.74) is 1.82. The minimum atomic E-state index is -0.334. The molecule has 2 aromatic rings. The molecule has 23 heavy (non-hydrogen) atoms. The first-order chi connectivity index (χ1) is 11.2. The smallest absolute Gasteiger partial charge is 0.338 e. The molecule has 0 unspecified atom stereocenters. The molecule has 4 nitrogen and oxygen atoms in total. The Morgan fingerprint density at radius 1 is 1.13 bits per heavy atom. The van der Waals surface area contributed by atoms with Crippen molar-refractivity contribution in [3.63, 3.8) is 0 Å². The summed E-state index contributed by atoms with van der Waals surface area (Å²) in [6.45, 7) is 2.70. The average Bonchev–Trinajstić information content (AvgIpc) is 2.60.